The molecular formula is C27H27ClN4OS. The molecule has 0 saturated heterocycles. The van der Waals surface area contributed by atoms with E-state index in [0.29, 0.717) is 23.9 Å². The fraction of sp³-hybridized carbons (Fsp3) is 0.222. The zero-order valence-corrected chi connectivity index (χ0v) is 20.9. The van der Waals surface area contributed by atoms with E-state index in [2.05, 4.69) is 41.4 Å². The molecule has 4 rings (SSSR count). The molecular weight excluding hydrogens is 464 g/mol. The lowest BCUT2D eigenvalue weighted by atomic mass is 10.1. The van der Waals surface area contributed by atoms with E-state index < -0.39 is 0 Å². The number of halogens is 1. The van der Waals surface area contributed by atoms with Crippen molar-refractivity contribution in [3.05, 3.63) is 101 Å². The Kier molecular flexibility index (Phi) is 8.03. The van der Waals surface area contributed by atoms with Gasteiger partial charge in [0, 0.05) is 23.7 Å². The largest absolute Gasteiger partial charge is 0.280 e. The van der Waals surface area contributed by atoms with Crippen molar-refractivity contribution in [1.29, 1.82) is 0 Å². The van der Waals surface area contributed by atoms with E-state index in [9.17, 15) is 4.79 Å². The Morgan fingerprint density at radius 1 is 0.971 bits per heavy atom. The van der Waals surface area contributed by atoms with Crippen molar-refractivity contribution in [3.63, 3.8) is 0 Å². The minimum absolute atomic E-state index is 0.00833. The Balaban J connectivity index is 1.69. The summed E-state index contributed by atoms with van der Waals surface area (Å²) < 4.78 is 1.96. The zero-order chi connectivity index (χ0) is 23.9. The predicted molar refractivity (Wildman–Crippen MR) is 140 cm³/mol. The monoisotopic (exact) mass is 490 g/mol. The molecule has 0 fully saturated rings. The third-order valence-corrected chi connectivity index (χ3v) is 6.86. The molecule has 174 valence electrons. The van der Waals surface area contributed by atoms with Crippen LogP contribution in [0.25, 0.3) is 5.69 Å². The average molecular weight is 491 g/mol. The maximum atomic E-state index is 13.0. The second-order valence-electron chi connectivity index (χ2n) is 7.94. The van der Waals surface area contributed by atoms with Gasteiger partial charge in [-0.2, -0.15) is 0 Å². The number of hydrogen-bond donors (Lipinski definition) is 0. The van der Waals surface area contributed by atoms with Gasteiger partial charge in [-0.15, -0.1) is 10.2 Å². The fourth-order valence-corrected chi connectivity index (χ4v) is 4.82. The number of benzene rings is 3. The van der Waals surface area contributed by atoms with E-state index in [1.807, 2.05) is 66.1 Å². The number of thioether (sulfide) groups is 1. The van der Waals surface area contributed by atoms with E-state index >= 15 is 0 Å². The van der Waals surface area contributed by atoms with E-state index in [-0.39, 0.29) is 5.91 Å². The number of aryl methyl sites for hydroxylation is 1. The molecule has 1 aromatic heterocycles. The number of rotatable bonds is 9. The third kappa shape index (κ3) is 5.69. The number of hydrogen-bond acceptors (Lipinski definition) is 4. The molecule has 0 spiro atoms. The number of aromatic nitrogens is 3. The molecule has 0 N–H and O–H groups in total. The first-order chi connectivity index (χ1) is 16.6. The van der Waals surface area contributed by atoms with Crippen LogP contribution in [0.1, 0.15) is 30.0 Å². The Labute approximate surface area is 209 Å². The molecule has 7 heteroatoms. The molecule has 5 nitrogen and oxygen atoms in total. The van der Waals surface area contributed by atoms with Crippen LogP contribution < -0.4 is 4.90 Å². The third-order valence-electron chi connectivity index (χ3n) is 5.63. The number of carbonyl (C=O) groups excluding carboxylic acids is 1. The van der Waals surface area contributed by atoms with E-state index in [1.54, 1.807) is 16.7 Å². The summed E-state index contributed by atoms with van der Waals surface area (Å²) in [6.45, 7) is 4.50. The highest BCUT2D eigenvalue weighted by Crippen LogP contribution is 2.30. The number of amides is 1. The molecule has 1 heterocycles. The first-order valence-corrected chi connectivity index (χ1v) is 12.7. The molecule has 34 heavy (non-hydrogen) atoms. The average Bonchev–Trinajstić information content (AvgIpc) is 3.28. The van der Waals surface area contributed by atoms with Gasteiger partial charge in [-0.05, 0) is 54.3 Å². The van der Waals surface area contributed by atoms with Gasteiger partial charge < -0.3 is 0 Å². The number of carbonyl (C=O) groups is 1. The summed E-state index contributed by atoms with van der Waals surface area (Å²) in [6.07, 6.45) is 1.11. The molecule has 3 aromatic carbocycles. The van der Waals surface area contributed by atoms with Gasteiger partial charge in [0.25, 0.3) is 0 Å². The summed E-state index contributed by atoms with van der Waals surface area (Å²) >= 11 is 7.76. The smallest absolute Gasteiger partial charge is 0.239 e. The summed E-state index contributed by atoms with van der Waals surface area (Å²) in [4.78, 5) is 14.8. The van der Waals surface area contributed by atoms with Crippen LogP contribution in [0.3, 0.4) is 0 Å². The van der Waals surface area contributed by atoms with Gasteiger partial charge >= 0.3 is 0 Å². The maximum Gasteiger partial charge on any atom is 0.239 e. The molecule has 0 bridgehead atoms. The lowest BCUT2D eigenvalue weighted by Gasteiger charge is -2.22. The SMILES string of the molecule is CCC(=O)N(CCc1ccccc1)c1nnc(SCc2ccccc2C)n1-c1ccc(Cl)cc1. The minimum atomic E-state index is 0.00833. The number of anilines is 1. The Morgan fingerprint density at radius 2 is 1.68 bits per heavy atom. The van der Waals surface area contributed by atoms with Gasteiger partial charge in [0.1, 0.15) is 0 Å². The van der Waals surface area contributed by atoms with E-state index in [1.165, 1.54) is 16.7 Å². The Morgan fingerprint density at radius 3 is 2.38 bits per heavy atom. The van der Waals surface area contributed by atoms with Crippen LogP contribution in [0.2, 0.25) is 5.02 Å². The van der Waals surface area contributed by atoms with Crippen molar-refractivity contribution >= 4 is 35.2 Å². The van der Waals surface area contributed by atoms with Gasteiger partial charge in [-0.25, -0.2) is 0 Å². The van der Waals surface area contributed by atoms with Crippen LogP contribution in [0, 0.1) is 6.92 Å². The second kappa shape index (κ2) is 11.4. The molecule has 0 aliphatic heterocycles. The lowest BCUT2D eigenvalue weighted by Crippen LogP contribution is -2.34. The van der Waals surface area contributed by atoms with E-state index in [0.717, 1.165) is 23.0 Å². The van der Waals surface area contributed by atoms with Crippen molar-refractivity contribution < 1.29 is 4.79 Å². The van der Waals surface area contributed by atoms with Gasteiger partial charge in [0.05, 0.1) is 5.69 Å². The Hall–Kier alpha value is -3.09. The van der Waals surface area contributed by atoms with Crippen LogP contribution >= 0.6 is 23.4 Å². The number of nitrogens with zero attached hydrogens (tertiary/aromatic N) is 4. The predicted octanol–water partition coefficient (Wildman–Crippen LogP) is 6.51. The van der Waals surface area contributed by atoms with Crippen molar-refractivity contribution in [2.45, 2.75) is 37.6 Å². The molecule has 4 aromatic rings. The maximum absolute atomic E-state index is 13.0. The Bertz CT molecular complexity index is 1240. The van der Waals surface area contributed by atoms with Crippen molar-refractivity contribution in [2.24, 2.45) is 0 Å². The quantitative estimate of drug-likeness (QED) is 0.251. The van der Waals surface area contributed by atoms with Crippen LogP contribution in [0.4, 0.5) is 5.95 Å². The fourth-order valence-electron chi connectivity index (χ4n) is 3.67. The summed E-state index contributed by atoms with van der Waals surface area (Å²) in [5, 5.41) is 10.4. The molecule has 0 radical (unpaired) electrons. The highest BCUT2D eigenvalue weighted by Gasteiger charge is 2.24. The van der Waals surface area contributed by atoms with Crippen LogP contribution in [0.5, 0.6) is 0 Å². The zero-order valence-electron chi connectivity index (χ0n) is 19.3. The molecule has 0 aliphatic carbocycles. The topological polar surface area (TPSA) is 51.0 Å². The first-order valence-electron chi connectivity index (χ1n) is 11.3. The summed E-state index contributed by atoms with van der Waals surface area (Å²) in [5.41, 5.74) is 4.51. The van der Waals surface area contributed by atoms with Crippen molar-refractivity contribution in [3.8, 4) is 5.69 Å². The van der Waals surface area contributed by atoms with Gasteiger partial charge in [0.15, 0.2) is 5.16 Å². The molecule has 1 amide bonds. The summed E-state index contributed by atoms with van der Waals surface area (Å²) in [5.74, 6) is 1.29. The summed E-state index contributed by atoms with van der Waals surface area (Å²) in [7, 11) is 0. The van der Waals surface area contributed by atoms with Crippen LogP contribution in [-0.4, -0.2) is 27.2 Å². The lowest BCUT2D eigenvalue weighted by molar-refractivity contribution is -0.118. The van der Waals surface area contributed by atoms with Gasteiger partial charge in [0.2, 0.25) is 11.9 Å². The normalized spacial score (nSPS) is 10.9. The standard InChI is InChI=1S/C27H27ClN4OS/c1-3-25(33)31(18-17-21-10-5-4-6-11-21)26-29-30-27(32(26)24-15-13-23(28)14-16-24)34-19-22-12-8-7-9-20(22)2/h4-16H,3,17-19H2,1-2H3. The minimum Gasteiger partial charge on any atom is -0.280 e. The highest BCUT2D eigenvalue weighted by molar-refractivity contribution is 7.98. The molecule has 0 atom stereocenters. The molecule has 0 aliphatic rings. The van der Waals surface area contributed by atoms with Gasteiger partial charge in [-0.1, -0.05) is 84.9 Å². The van der Waals surface area contributed by atoms with Gasteiger partial charge in [-0.3, -0.25) is 14.3 Å². The van der Waals surface area contributed by atoms with Crippen molar-refractivity contribution in [2.75, 3.05) is 11.4 Å². The van der Waals surface area contributed by atoms with E-state index in [4.69, 9.17) is 11.6 Å². The van der Waals surface area contributed by atoms with Crippen LogP contribution in [-0.2, 0) is 17.0 Å². The van der Waals surface area contributed by atoms with Crippen LogP contribution in [0.15, 0.2) is 84.0 Å². The summed E-state index contributed by atoms with van der Waals surface area (Å²) in [6, 6.07) is 26.0. The van der Waals surface area contributed by atoms with Crippen molar-refractivity contribution in [1.82, 2.24) is 14.8 Å². The first kappa shape index (κ1) is 24.0. The molecule has 0 saturated carbocycles. The second-order valence-corrected chi connectivity index (χ2v) is 9.32. The highest BCUT2D eigenvalue weighted by atomic mass is 35.5. The molecule has 0 unspecified atom stereocenters.